The smallest absolute Gasteiger partial charge is 0.231 e. The number of ether oxygens (including phenoxy) is 3. The topological polar surface area (TPSA) is 68.8 Å². The summed E-state index contributed by atoms with van der Waals surface area (Å²) in [6.45, 7) is 4.11. The second-order valence-corrected chi connectivity index (χ2v) is 5.62. The van der Waals surface area contributed by atoms with Gasteiger partial charge in [-0.05, 0) is 48.9 Å². The summed E-state index contributed by atoms with van der Waals surface area (Å²) in [4.78, 5) is 12.0. The Labute approximate surface area is 147 Å². The van der Waals surface area contributed by atoms with Crippen molar-refractivity contribution in [2.24, 2.45) is 0 Å². The molecular formula is C19H22N2O4. The Morgan fingerprint density at radius 1 is 1.12 bits per heavy atom. The molecule has 132 valence electrons. The highest BCUT2D eigenvalue weighted by Gasteiger charge is 2.12. The summed E-state index contributed by atoms with van der Waals surface area (Å²) in [7, 11) is 0. The average Bonchev–Trinajstić information content (AvgIpc) is 3.08. The second kappa shape index (κ2) is 8.39. The van der Waals surface area contributed by atoms with Crippen molar-refractivity contribution in [3.63, 3.8) is 0 Å². The number of benzene rings is 2. The fourth-order valence-corrected chi connectivity index (χ4v) is 2.51. The van der Waals surface area contributed by atoms with Gasteiger partial charge in [0.05, 0.1) is 6.61 Å². The molecule has 2 aromatic carbocycles. The van der Waals surface area contributed by atoms with E-state index in [0.717, 1.165) is 28.5 Å². The first kappa shape index (κ1) is 17.1. The van der Waals surface area contributed by atoms with E-state index in [9.17, 15) is 4.79 Å². The van der Waals surface area contributed by atoms with E-state index in [4.69, 9.17) is 14.2 Å². The SMILES string of the molecule is CCOc1ccc(NC(=O)CCNCc2ccc3c(c2)OCO3)cc1. The van der Waals surface area contributed by atoms with E-state index < -0.39 is 0 Å². The maximum absolute atomic E-state index is 12.0. The lowest BCUT2D eigenvalue weighted by Crippen LogP contribution is -2.21. The van der Waals surface area contributed by atoms with Gasteiger partial charge in [0.25, 0.3) is 0 Å². The number of nitrogens with one attached hydrogen (secondary N) is 2. The number of anilines is 1. The molecule has 0 aliphatic carbocycles. The highest BCUT2D eigenvalue weighted by atomic mass is 16.7. The Bertz CT molecular complexity index is 716. The van der Waals surface area contributed by atoms with Gasteiger partial charge in [0.2, 0.25) is 12.7 Å². The summed E-state index contributed by atoms with van der Waals surface area (Å²) >= 11 is 0. The number of amides is 1. The summed E-state index contributed by atoms with van der Waals surface area (Å²) in [5, 5.41) is 6.13. The van der Waals surface area contributed by atoms with E-state index in [2.05, 4.69) is 10.6 Å². The predicted molar refractivity (Wildman–Crippen MR) is 95.1 cm³/mol. The van der Waals surface area contributed by atoms with Crippen molar-refractivity contribution in [2.45, 2.75) is 19.9 Å². The fourth-order valence-electron chi connectivity index (χ4n) is 2.51. The van der Waals surface area contributed by atoms with Crippen molar-refractivity contribution >= 4 is 11.6 Å². The van der Waals surface area contributed by atoms with Crippen LogP contribution in [0.3, 0.4) is 0 Å². The van der Waals surface area contributed by atoms with Gasteiger partial charge in [0.1, 0.15) is 5.75 Å². The first-order chi connectivity index (χ1) is 12.2. The molecule has 3 rings (SSSR count). The predicted octanol–water partition coefficient (Wildman–Crippen LogP) is 2.93. The molecule has 0 saturated heterocycles. The molecule has 1 heterocycles. The number of hydrogen-bond acceptors (Lipinski definition) is 5. The van der Waals surface area contributed by atoms with Crippen molar-refractivity contribution in [1.29, 1.82) is 0 Å². The van der Waals surface area contributed by atoms with Gasteiger partial charge >= 0.3 is 0 Å². The van der Waals surface area contributed by atoms with Gasteiger partial charge in [0.15, 0.2) is 11.5 Å². The number of carbonyl (C=O) groups is 1. The van der Waals surface area contributed by atoms with E-state index in [-0.39, 0.29) is 12.7 Å². The Morgan fingerprint density at radius 2 is 1.92 bits per heavy atom. The van der Waals surface area contributed by atoms with E-state index in [1.54, 1.807) is 0 Å². The average molecular weight is 342 g/mol. The summed E-state index contributed by atoms with van der Waals surface area (Å²) in [5.41, 5.74) is 1.86. The van der Waals surface area contributed by atoms with Crippen LogP contribution in [0.4, 0.5) is 5.69 Å². The lowest BCUT2D eigenvalue weighted by molar-refractivity contribution is -0.116. The van der Waals surface area contributed by atoms with Crippen LogP contribution in [-0.2, 0) is 11.3 Å². The molecule has 0 saturated carbocycles. The minimum Gasteiger partial charge on any atom is -0.494 e. The van der Waals surface area contributed by atoms with Gasteiger partial charge in [0, 0.05) is 25.2 Å². The van der Waals surface area contributed by atoms with Crippen LogP contribution in [-0.4, -0.2) is 25.9 Å². The van der Waals surface area contributed by atoms with Crippen LogP contribution in [0.1, 0.15) is 18.9 Å². The molecule has 2 aromatic rings. The molecule has 6 nitrogen and oxygen atoms in total. The van der Waals surface area contributed by atoms with Crippen LogP contribution < -0.4 is 24.8 Å². The van der Waals surface area contributed by atoms with Gasteiger partial charge in [-0.2, -0.15) is 0 Å². The van der Waals surface area contributed by atoms with Crippen LogP contribution in [0.2, 0.25) is 0 Å². The maximum atomic E-state index is 12.0. The molecule has 0 bridgehead atoms. The first-order valence-electron chi connectivity index (χ1n) is 8.36. The largest absolute Gasteiger partial charge is 0.494 e. The van der Waals surface area contributed by atoms with Crippen molar-refractivity contribution in [2.75, 3.05) is 25.3 Å². The Morgan fingerprint density at radius 3 is 2.72 bits per heavy atom. The molecule has 1 aliphatic rings. The van der Waals surface area contributed by atoms with Crippen LogP contribution in [0.5, 0.6) is 17.2 Å². The van der Waals surface area contributed by atoms with Crippen molar-refractivity contribution in [3.05, 3.63) is 48.0 Å². The van der Waals surface area contributed by atoms with Crippen LogP contribution in [0.25, 0.3) is 0 Å². The molecule has 6 heteroatoms. The maximum Gasteiger partial charge on any atom is 0.231 e. The lowest BCUT2D eigenvalue weighted by Gasteiger charge is -2.08. The zero-order valence-electron chi connectivity index (χ0n) is 14.2. The molecule has 0 aromatic heterocycles. The van der Waals surface area contributed by atoms with Crippen LogP contribution >= 0.6 is 0 Å². The second-order valence-electron chi connectivity index (χ2n) is 5.62. The molecule has 1 amide bonds. The first-order valence-corrected chi connectivity index (χ1v) is 8.36. The summed E-state index contributed by atoms with van der Waals surface area (Å²) in [5.74, 6) is 2.32. The van der Waals surface area contributed by atoms with Crippen molar-refractivity contribution in [1.82, 2.24) is 5.32 Å². The lowest BCUT2D eigenvalue weighted by atomic mass is 10.2. The monoisotopic (exact) mass is 342 g/mol. The summed E-state index contributed by atoms with van der Waals surface area (Å²) < 4.78 is 16.0. The van der Waals surface area contributed by atoms with E-state index in [1.807, 2.05) is 49.4 Å². The standard InChI is InChI=1S/C19H22N2O4/c1-2-23-16-6-4-15(5-7-16)21-19(22)9-10-20-12-14-3-8-17-18(11-14)25-13-24-17/h3-8,11,20H,2,9-10,12-13H2,1H3,(H,21,22). The van der Waals surface area contributed by atoms with Gasteiger partial charge < -0.3 is 24.8 Å². The minimum absolute atomic E-state index is 0.0256. The molecular weight excluding hydrogens is 320 g/mol. The minimum atomic E-state index is -0.0256. The highest BCUT2D eigenvalue weighted by molar-refractivity contribution is 5.90. The third-order valence-electron chi connectivity index (χ3n) is 3.74. The molecule has 0 spiro atoms. The van der Waals surface area contributed by atoms with Gasteiger partial charge in [-0.3, -0.25) is 4.79 Å². The van der Waals surface area contributed by atoms with Gasteiger partial charge in [-0.25, -0.2) is 0 Å². The van der Waals surface area contributed by atoms with Gasteiger partial charge in [-0.1, -0.05) is 6.07 Å². The zero-order chi connectivity index (χ0) is 17.5. The Hall–Kier alpha value is -2.73. The summed E-state index contributed by atoms with van der Waals surface area (Å²) in [6.07, 6.45) is 0.401. The Balaban J connectivity index is 1.37. The number of fused-ring (bicyclic) bond motifs is 1. The highest BCUT2D eigenvalue weighted by Crippen LogP contribution is 2.32. The molecule has 0 unspecified atom stereocenters. The molecule has 25 heavy (non-hydrogen) atoms. The van der Waals surface area contributed by atoms with Crippen molar-refractivity contribution in [3.8, 4) is 17.2 Å². The third kappa shape index (κ3) is 4.87. The molecule has 1 aliphatic heterocycles. The van der Waals surface area contributed by atoms with E-state index in [1.165, 1.54) is 0 Å². The normalized spacial score (nSPS) is 12.0. The zero-order valence-corrected chi connectivity index (χ0v) is 14.2. The fraction of sp³-hybridized carbons (Fsp3) is 0.316. The number of carbonyl (C=O) groups excluding carboxylic acids is 1. The third-order valence-corrected chi connectivity index (χ3v) is 3.74. The van der Waals surface area contributed by atoms with Crippen LogP contribution in [0.15, 0.2) is 42.5 Å². The van der Waals surface area contributed by atoms with Crippen LogP contribution in [0, 0.1) is 0 Å². The van der Waals surface area contributed by atoms with Gasteiger partial charge in [-0.15, -0.1) is 0 Å². The molecule has 0 radical (unpaired) electrons. The molecule has 0 atom stereocenters. The quantitative estimate of drug-likeness (QED) is 0.722. The van der Waals surface area contributed by atoms with E-state index in [0.29, 0.717) is 26.1 Å². The molecule has 0 fully saturated rings. The van der Waals surface area contributed by atoms with E-state index >= 15 is 0 Å². The Kier molecular flexibility index (Phi) is 5.74. The number of hydrogen-bond donors (Lipinski definition) is 2. The summed E-state index contributed by atoms with van der Waals surface area (Å²) in [6, 6.07) is 13.2. The van der Waals surface area contributed by atoms with Crippen molar-refractivity contribution < 1.29 is 19.0 Å². The number of rotatable bonds is 8. The molecule has 2 N–H and O–H groups in total.